The quantitative estimate of drug-likeness (QED) is 0.182. The summed E-state index contributed by atoms with van der Waals surface area (Å²) in [5.74, 6) is -0.645. The molecular formula is C37H39BrO5. The van der Waals surface area contributed by atoms with Crippen LogP contribution in [0, 0.1) is 0 Å². The molecule has 0 bridgehead atoms. The van der Waals surface area contributed by atoms with Gasteiger partial charge >= 0.3 is 0 Å². The highest BCUT2D eigenvalue weighted by molar-refractivity contribution is 9.10. The van der Waals surface area contributed by atoms with Crippen LogP contribution in [0.25, 0.3) is 0 Å². The third-order valence-electron chi connectivity index (χ3n) is 8.52. The van der Waals surface area contributed by atoms with Gasteiger partial charge in [-0.1, -0.05) is 88.7 Å². The van der Waals surface area contributed by atoms with Crippen LogP contribution in [0.4, 0.5) is 0 Å². The fourth-order valence-electron chi connectivity index (χ4n) is 6.37. The normalized spacial score (nSPS) is 21.5. The molecule has 1 heterocycles. The number of methoxy groups -OCH3 is 1. The maximum atomic E-state index is 12.4. The van der Waals surface area contributed by atoms with Crippen molar-refractivity contribution in [1.29, 1.82) is 0 Å². The second-order valence-electron chi connectivity index (χ2n) is 11.6. The first-order valence-electron chi connectivity index (χ1n) is 15.1. The molecule has 4 aromatic rings. The van der Waals surface area contributed by atoms with Gasteiger partial charge in [0, 0.05) is 22.9 Å². The number of rotatable bonds is 11. The zero-order chi connectivity index (χ0) is 29.6. The molecule has 1 saturated heterocycles. The van der Waals surface area contributed by atoms with Crippen molar-refractivity contribution in [2.24, 2.45) is 0 Å². The molecule has 5 nitrogen and oxygen atoms in total. The van der Waals surface area contributed by atoms with Gasteiger partial charge in [0.15, 0.2) is 5.79 Å². The molecule has 6 rings (SSSR count). The topological polar surface area (TPSA) is 57.2 Å². The number of halogens is 1. The van der Waals surface area contributed by atoms with Gasteiger partial charge in [-0.05, 0) is 77.3 Å². The number of fused-ring (bicyclic) bond motifs is 1. The number of hydrogen-bond donors (Lipinski definition) is 1. The van der Waals surface area contributed by atoms with Gasteiger partial charge in [0.05, 0.1) is 39.1 Å². The van der Waals surface area contributed by atoms with Crippen LogP contribution in [0.3, 0.4) is 0 Å². The number of hydrogen-bond acceptors (Lipinski definition) is 5. The highest BCUT2D eigenvalue weighted by atomic mass is 79.9. The summed E-state index contributed by atoms with van der Waals surface area (Å²) in [6.45, 7) is 1.36. The average Bonchev–Trinajstić information content (AvgIpc) is 3.53. The van der Waals surface area contributed by atoms with Crippen molar-refractivity contribution in [2.45, 2.75) is 69.7 Å². The molecule has 4 aromatic carbocycles. The van der Waals surface area contributed by atoms with Crippen molar-refractivity contribution >= 4 is 15.9 Å². The van der Waals surface area contributed by atoms with Gasteiger partial charge in [-0.15, -0.1) is 0 Å². The molecular weight excluding hydrogens is 604 g/mol. The van der Waals surface area contributed by atoms with E-state index in [1.807, 2.05) is 48.5 Å². The van der Waals surface area contributed by atoms with Crippen LogP contribution in [0.1, 0.15) is 58.2 Å². The maximum absolute atomic E-state index is 12.4. The van der Waals surface area contributed by atoms with Gasteiger partial charge in [0.1, 0.15) is 5.75 Å². The Labute approximate surface area is 262 Å². The second kappa shape index (κ2) is 13.7. The smallest absolute Gasteiger partial charge is 0.195 e. The van der Waals surface area contributed by atoms with Gasteiger partial charge in [-0.2, -0.15) is 0 Å². The Hall–Kier alpha value is -3.00. The van der Waals surface area contributed by atoms with Crippen LogP contribution in [-0.2, 0) is 52.5 Å². The van der Waals surface area contributed by atoms with Crippen LogP contribution < -0.4 is 4.74 Å². The molecule has 6 heteroatoms. The van der Waals surface area contributed by atoms with Crippen LogP contribution in [0.15, 0.2) is 95.5 Å². The zero-order valence-electron chi connectivity index (χ0n) is 24.6. The lowest BCUT2D eigenvalue weighted by Crippen LogP contribution is -2.47. The van der Waals surface area contributed by atoms with Crippen LogP contribution in [-0.4, -0.2) is 31.0 Å². The standard InChI is InChI=1S/C37H39BrO5/c1-40-30-17-15-26(16-18-30)19-29-20-35(33-13-8-14-34(33)36(29)38)37(39)22-31(42-24-28-11-6-3-7-12-28)21-32(43-37)25-41-23-27-9-4-2-5-10-27/h2-7,9-12,15-18,20,31-32,39H,8,13-14,19,21-25H2,1H3. The average molecular weight is 644 g/mol. The molecule has 0 saturated carbocycles. The predicted octanol–water partition coefficient (Wildman–Crippen LogP) is 7.66. The SMILES string of the molecule is COc1ccc(Cc2cc(C3(O)CC(OCc4ccccc4)CC(COCc4ccccc4)O3)c3c(c2Br)CCC3)cc1. The van der Waals surface area contributed by atoms with E-state index in [0.29, 0.717) is 32.7 Å². The molecule has 0 aromatic heterocycles. The molecule has 1 fully saturated rings. The van der Waals surface area contributed by atoms with E-state index in [9.17, 15) is 5.11 Å². The van der Waals surface area contributed by atoms with E-state index >= 15 is 0 Å². The first kappa shape index (κ1) is 30.0. The van der Waals surface area contributed by atoms with E-state index in [0.717, 1.165) is 58.2 Å². The first-order valence-corrected chi connectivity index (χ1v) is 15.9. The molecule has 1 aliphatic heterocycles. The number of ether oxygens (including phenoxy) is 4. The Balaban J connectivity index is 1.28. The summed E-state index contributed by atoms with van der Waals surface area (Å²) < 4.78 is 25.7. The predicted molar refractivity (Wildman–Crippen MR) is 171 cm³/mol. The van der Waals surface area contributed by atoms with Crippen LogP contribution in [0.5, 0.6) is 5.75 Å². The lowest BCUT2D eigenvalue weighted by molar-refractivity contribution is -0.293. The van der Waals surface area contributed by atoms with Crippen molar-refractivity contribution < 1.29 is 24.1 Å². The largest absolute Gasteiger partial charge is 0.497 e. The third-order valence-corrected chi connectivity index (χ3v) is 9.51. The molecule has 43 heavy (non-hydrogen) atoms. The minimum absolute atomic E-state index is 0.185. The van der Waals surface area contributed by atoms with Crippen LogP contribution in [0.2, 0.25) is 0 Å². The highest BCUT2D eigenvalue weighted by Crippen LogP contribution is 2.45. The monoisotopic (exact) mass is 642 g/mol. The summed E-state index contributed by atoms with van der Waals surface area (Å²) in [4.78, 5) is 0. The van der Waals surface area contributed by atoms with Crippen LogP contribution >= 0.6 is 15.9 Å². The second-order valence-corrected chi connectivity index (χ2v) is 12.4. The summed E-state index contributed by atoms with van der Waals surface area (Å²) in [6, 6.07) is 30.7. The lowest BCUT2D eigenvalue weighted by atomic mass is 9.86. The maximum Gasteiger partial charge on any atom is 0.195 e. The molecule has 3 atom stereocenters. The third kappa shape index (κ3) is 7.22. The molecule has 2 aliphatic rings. The van der Waals surface area contributed by atoms with Gasteiger partial charge in [0.25, 0.3) is 0 Å². The van der Waals surface area contributed by atoms with Gasteiger partial charge < -0.3 is 24.1 Å². The first-order chi connectivity index (χ1) is 21.0. The van der Waals surface area contributed by atoms with E-state index in [1.54, 1.807) is 7.11 Å². The molecule has 0 spiro atoms. The summed E-state index contributed by atoms with van der Waals surface area (Å²) >= 11 is 3.93. The fraction of sp³-hybridized carbons (Fsp3) is 0.351. The van der Waals surface area contributed by atoms with E-state index in [1.165, 1.54) is 16.7 Å². The minimum atomic E-state index is -1.48. The Morgan fingerprint density at radius 2 is 1.53 bits per heavy atom. The Morgan fingerprint density at radius 1 is 0.860 bits per heavy atom. The van der Waals surface area contributed by atoms with E-state index in [4.69, 9.17) is 18.9 Å². The number of benzene rings is 4. The van der Waals surface area contributed by atoms with E-state index in [-0.39, 0.29) is 12.2 Å². The number of aliphatic hydroxyl groups is 1. The zero-order valence-corrected chi connectivity index (χ0v) is 26.2. The summed E-state index contributed by atoms with van der Waals surface area (Å²) in [7, 11) is 1.68. The molecule has 3 unspecified atom stereocenters. The van der Waals surface area contributed by atoms with Crippen molar-refractivity contribution in [3.05, 3.63) is 134 Å². The van der Waals surface area contributed by atoms with E-state index < -0.39 is 5.79 Å². The summed E-state index contributed by atoms with van der Waals surface area (Å²) in [6.07, 6.45) is 4.21. The lowest BCUT2D eigenvalue weighted by Gasteiger charge is -2.42. The van der Waals surface area contributed by atoms with Crippen molar-refractivity contribution in [2.75, 3.05) is 13.7 Å². The molecule has 1 aliphatic carbocycles. The van der Waals surface area contributed by atoms with Crippen molar-refractivity contribution in [3.63, 3.8) is 0 Å². The molecule has 0 amide bonds. The Kier molecular flexibility index (Phi) is 9.61. The molecule has 224 valence electrons. The van der Waals surface area contributed by atoms with Crippen molar-refractivity contribution in [1.82, 2.24) is 0 Å². The fourth-order valence-corrected chi connectivity index (χ4v) is 7.06. The summed E-state index contributed by atoms with van der Waals surface area (Å²) in [5, 5.41) is 12.4. The van der Waals surface area contributed by atoms with Gasteiger partial charge in [0.2, 0.25) is 0 Å². The minimum Gasteiger partial charge on any atom is -0.497 e. The molecule has 0 radical (unpaired) electrons. The van der Waals surface area contributed by atoms with Gasteiger partial charge in [-0.25, -0.2) is 0 Å². The van der Waals surface area contributed by atoms with E-state index in [2.05, 4.69) is 58.4 Å². The van der Waals surface area contributed by atoms with Crippen molar-refractivity contribution in [3.8, 4) is 5.75 Å². The summed E-state index contributed by atoms with van der Waals surface area (Å²) in [5.41, 5.74) is 7.89. The Bertz CT molecular complexity index is 1490. The highest BCUT2D eigenvalue weighted by Gasteiger charge is 2.44. The molecule has 1 N–H and O–H groups in total. The van der Waals surface area contributed by atoms with Gasteiger partial charge in [-0.3, -0.25) is 0 Å². The Morgan fingerprint density at radius 3 is 2.23 bits per heavy atom.